The molecule has 1 aromatic rings. The molecule has 1 aliphatic heterocycles. The molecule has 7 nitrogen and oxygen atoms in total. The van der Waals surface area contributed by atoms with Gasteiger partial charge in [-0.1, -0.05) is 37.6 Å². The fourth-order valence-corrected chi connectivity index (χ4v) is 4.35. The van der Waals surface area contributed by atoms with Gasteiger partial charge in [-0.15, -0.1) is 0 Å². The zero-order chi connectivity index (χ0) is 24.5. The molecule has 0 aromatic heterocycles. The van der Waals surface area contributed by atoms with Gasteiger partial charge in [0.15, 0.2) is 0 Å². The minimum Gasteiger partial charge on any atom is -0.481 e. The van der Waals surface area contributed by atoms with Gasteiger partial charge in [0, 0.05) is 41.9 Å². The van der Waals surface area contributed by atoms with Crippen LogP contribution in [0.5, 0.6) is 0 Å². The first kappa shape index (κ1) is 26.1. The number of rotatable bonds is 7. The van der Waals surface area contributed by atoms with Crippen LogP contribution in [0.2, 0.25) is 5.02 Å². The molecule has 1 aliphatic rings. The average molecular weight is 467 g/mol. The second kappa shape index (κ2) is 9.02. The van der Waals surface area contributed by atoms with Crippen molar-refractivity contribution in [2.75, 3.05) is 13.1 Å². The second-order valence-electron chi connectivity index (χ2n) is 10.8. The number of halogens is 1. The minimum absolute atomic E-state index is 0.0711. The Balaban J connectivity index is 2.04. The molecule has 178 valence electrons. The van der Waals surface area contributed by atoms with Crippen LogP contribution in [0.3, 0.4) is 0 Å². The van der Waals surface area contributed by atoms with Gasteiger partial charge in [0.1, 0.15) is 0 Å². The zero-order valence-corrected chi connectivity index (χ0v) is 20.5. The average Bonchev–Trinajstić information content (AvgIpc) is 2.62. The van der Waals surface area contributed by atoms with Crippen LogP contribution in [0.25, 0.3) is 0 Å². The normalized spacial score (nSPS) is 21.2. The molecule has 1 heterocycles. The number of amides is 2. The molecule has 1 fully saturated rings. The number of hydrogen-bond acceptors (Lipinski definition) is 4. The number of carbonyl (C=O) groups is 3. The summed E-state index contributed by atoms with van der Waals surface area (Å²) in [7, 11) is 0. The lowest BCUT2D eigenvalue weighted by Gasteiger charge is -2.51. The third kappa shape index (κ3) is 5.81. The van der Waals surface area contributed by atoms with Crippen molar-refractivity contribution in [1.82, 2.24) is 10.2 Å². The topological polar surface area (TPSA) is 107 Å². The Bertz CT molecular complexity index is 879. The van der Waals surface area contributed by atoms with E-state index in [0.29, 0.717) is 24.5 Å². The van der Waals surface area contributed by atoms with Crippen LogP contribution in [0.15, 0.2) is 24.3 Å². The van der Waals surface area contributed by atoms with Gasteiger partial charge in [0.05, 0.1) is 11.0 Å². The first-order valence-corrected chi connectivity index (χ1v) is 11.2. The van der Waals surface area contributed by atoms with Crippen molar-refractivity contribution in [2.45, 2.75) is 71.9 Å². The summed E-state index contributed by atoms with van der Waals surface area (Å²) in [5.74, 6) is -1.59. The summed E-state index contributed by atoms with van der Waals surface area (Å²) < 4.78 is 0. The Hall–Kier alpha value is -2.12. The molecule has 0 unspecified atom stereocenters. The molecule has 1 aromatic carbocycles. The number of benzene rings is 1. The molecular formula is C24H35ClN2O5. The zero-order valence-electron chi connectivity index (χ0n) is 19.8. The van der Waals surface area contributed by atoms with Crippen LogP contribution in [0.4, 0.5) is 0 Å². The summed E-state index contributed by atoms with van der Waals surface area (Å²) in [6, 6.07) is 7.14. The van der Waals surface area contributed by atoms with Crippen molar-refractivity contribution in [2.24, 2.45) is 10.8 Å². The number of piperidine rings is 1. The van der Waals surface area contributed by atoms with Gasteiger partial charge < -0.3 is 20.4 Å². The summed E-state index contributed by atoms with van der Waals surface area (Å²) in [6.07, 6.45) is 0.277. The largest absolute Gasteiger partial charge is 0.481 e. The summed E-state index contributed by atoms with van der Waals surface area (Å²) in [5, 5.41) is 24.1. The lowest BCUT2D eigenvalue weighted by atomic mass is 9.66. The second-order valence-corrected chi connectivity index (χ2v) is 11.2. The molecule has 0 saturated carbocycles. The van der Waals surface area contributed by atoms with Crippen molar-refractivity contribution in [3.8, 4) is 0 Å². The Morgan fingerprint density at radius 1 is 1.09 bits per heavy atom. The fraction of sp³-hybridized carbons (Fsp3) is 0.625. The first-order chi connectivity index (χ1) is 14.5. The monoisotopic (exact) mass is 466 g/mol. The van der Waals surface area contributed by atoms with E-state index in [1.165, 1.54) is 13.8 Å². The van der Waals surface area contributed by atoms with Crippen molar-refractivity contribution in [3.63, 3.8) is 0 Å². The van der Waals surface area contributed by atoms with Crippen molar-refractivity contribution in [1.29, 1.82) is 0 Å². The predicted molar refractivity (Wildman–Crippen MR) is 123 cm³/mol. The number of carboxylic acid groups (broad SMARTS) is 1. The van der Waals surface area contributed by atoms with Gasteiger partial charge in [-0.3, -0.25) is 14.4 Å². The number of aliphatic carboxylic acids is 1. The summed E-state index contributed by atoms with van der Waals surface area (Å²) >= 11 is 5.99. The number of likely N-dealkylation sites (tertiary alicyclic amines) is 1. The van der Waals surface area contributed by atoms with Gasteiger partial charge in [0.2, 0.25) is 11.8 Å². The maximum atomic E-state index is 13.1. The molecule has 3 N–H and O–H groups in total. The van der Waals surface area contributed by atoms with Crippen LogP contribution >= 0.6 is 11.6 Å². The van der Waals surface area contributed by atoms with Crippen LogP contribution in [0, 0.1) is 10.8 Å². The number of nitrogens with one attached hydrogen (secondary N) is 1. The molecule has 2 rings (SSSR count). The highest BCUT2D eigenvalue weighted by molar-refractivity contribution is 6.30. The van der Waals surface area contributed by atoms with Crippen LogP contribution in [-0.4, -0.2) is 51.5 Å². The third-order valence-corrected chi connectivity index (χ3v) is 6.63. The van der Waals surface area contributed by atoms with Gasteiger partial charge in [-0.2, -0.15) is 0 Å². The van der Waals surface area contributed by atoms with Gasteiger partial charge in [0.25, 0.3) is 0 Å². The molecule has 0 spiro atoms. The van der Waals surface area contributed by atoms with E-state index in [9.17, 15) is 24.6 Å². The summed E-state index contributed by atoms with van der Waals surface area (Å²) in [4.78, 5) is 38.4. The Morgan fingerprint density at radius 2 is 1.66 bits per heavy atom. The first-order valence-electron chi connectivity index (χ1n) is 10.8. The SMILES string of the molecule is CC(C)(CC(=O)N1CC[C@](O)(c2ccc(Cl)cc2)C(C)(C)C1)NC(=O)CC(C)(C)C(=O)O. The molecule has 32 heavy (non-hydrogen) atoms. The van der Waals surface area contributed by atoms with E-state index < -0.39 is 33.8 Å². The lowest BCUT2D eigenvalue weighted by molar-refractivity contribution is -0.154. The van der Waals surface area contributed by atoms with Crippen LogP contribution < -0.4 is 5.32 Å². The minimum atomic E-state index is -1.19. The highest BCUT2D eigenvalue weighted by Gasteiger charge is 2.49. The molecular weight excluding hydrogens is 432 g/mol. The number of hydrogen-bond donors (Lipinski definition) is 3. The van der Waals surface area contributed by atoms with E-state index in [-0.39, 0.29) is 18.7 Å². The standard InChI is InChI=1S/C24H35ClN2O5/c1-21(2,20(30)31)13-18(28)26-23(5,6)14-19(29)27-12-11-24(32,22(3,4)15-27)16-7-9-17(25)10-8-16/h7-10,32H,11-15H2,1-6H3,(H,26,28)(H,30,31)/t24-/m0/s1. The van der Waals surface area contributed by atoms with Crippen molar-refractivity contribution in [3.05, 3.63) is 34.9 Å². The van der Waals surface area contributed by atoms with Crippen molar-refractivity contribution < 1.29 is 24.6 Å². The maximum absolute atomic E-state index is 13.1. The van der Waals surface area contributed by atoms with E-state index in [0.717, 1.165) is 5.56 Å². The number of carboxylic acids is 1. The molecule has 2 amide bonds. The molecule has 1 saturated heterocycles. The van der Waals surface area contributed by atoms with Gasteiger partial charge in [-0.05, 0) is 51.8 Å². The van der Waals surface area contributed by atoms with Crippen molar-refractivity contribution >= 4 is 29.4 Å². The number of carbonyl (C=O) groups excluding carboxylic acids is 2. The van der Waals surface area contributed by atoms with E-state index in [2.05, 4.69) is 5.32 Å². The predicted octanol–water partition coefficient (Wildman–Crippen LogP) is 3.57. The smallest absolute Gasteiger partial charge is 0.309 e. The summed E-state index contributed by atoms with van der Waals surface area (Å²) in [6.45, 7) is 11.1. The van der Waals surface area contributed by atoms with Crippen LogP contribution in [-0.2, 0) is 20.0 Å². The number of aliphatic hydroxyl groups is 1. The Labute approximate surface area is 195 Å². The highest BCUT2D eigenvalue weighted by atomic mass is 35.5. The van der Waals surface area contributed by atoms with E-state index >= 15 is 0 Å². The van der Waals surface area contributed by atoms with Crippen LogP contribution in [0.1, 0.15) is 66.4 Å². The molecule has 8 heteroatoms. The third-order valence-electron chi connectivity index (χ3n) is 6.38. The maximum Gasteiger partial charge on any atom is 0.309 e. The van der Waals surface area contributed by atoms with E-state index in [1.807, 2.05) is 26.0 Å². The van der Waals surface area contributed by atoms with Gasteiger partial charge in [-0.25, -0.2) is 0 Å². The molecule has 0 radical (unpaired) electrons. The Kier molecular flexibility index (Phi) is 7.37. The van der Waals surface area contributed by atoms with E-state index in [1.54, 1.807) is 30.9 Å². The van der Waals surface area contributed by atoms with E-state index in [4.69, 9.17) is 11.6 Å². The highest BCUT2D eigenvalue weighted by Crippen LogP contribution is 2.46. The molecule has 0 bridgehead atoms. The molecule has 0 aliphatic carbocycles. The molecule has 1 atom stereocenters. The fourth-order valence-electron chi connectivity index (χ4n) is 4.23. The quantitative estimate of drug-likeness (QED) is 0.569. The van der Waals surface area contributed by atoms with Gasteiger partial charge >= 0.3 is 5.97 Å². The number of nitrogens with zero attached hydrogens (tertiary/aromatic N) is 1. The summed E-state index contributed by atoms with van der Waals surface area (Å²) in [5.41, 5.74) is -2.95. The Morgan fingerprint density at radius 3 is 2.16 bits per heavy atom. The lowest BCUT2D eigenvalue weighted by Crippen LogP contribution is -2.58.